The highest BCUT2D eigenvalue weighted by molar-refractivity contribution is 5.69. The number of amides is 1. The van der Waals surface area contributed by atoms with Crippen molar-refractivity contribution in [2.75, 3.05) is 6.54 Å². The summed E-state index contributed by atoms with van der Waals surface area (Å²) < 4.78 is 4.89. The van der Waals surface area contributed by atoms with E-state index in [2.05, 4.69) is 20.5 Å². The van der Waals surface area contributed by atoms with Crippen LogP contribution in [0, 0.1) is 0 Å². The van der Waals surface area contributed by atoms with E-state index < -0.39 is 6.09 Å². The fourth-order valence-corrected chi connectivity index (χ4v) is 2.03. The van der Waals surface area contributed by atoms with Crippen LogP contribution in [-0.4, -0.2) is 27.8 Å². The lowest BCUT2D eigenvalue weighted by Crippen LogP contribution is -2.29. The van der Waals surface area contributed by atoms with E-state index in [0.717, 1.165) is 5.56 Å². The van der Waals surface area contributed by atoms with E-state index in [1.165, 1.54) is 6.33 Å². The minimum atomic E-state index is -0.615. The van der Waals surface area contributed by atoms with Crippen molar-refractivity contribution >= 4 is 6.09 Å². The second-order valence-corrected chi connectivity index (χ2v) is 4.94. The molecular formula is C17H16N4O4. The molecule has 3 aromatic rings. The lowest BCUT2D eigenvalue weighted by molar-refractivity contribution is -0.101. The zero-order chi connectivity index (χ0) is 17.3. The predicted molar refractivity (Wildman–Crippen MR) is 88.3 cm³/mol. The number of carbonyl (C=O) groups excluding carboxylic acids is 1. The Morgan fingerprint density at radius 2 is 1.84 bits per heavy atom. The Labute approximate surface area is 143 Å². The zero-order valence-electron chi connectivity index (χ0n) is 13.2. The number of aromatic amines is 1. The Morgan fingerprint density at radius 3 is 2.64 bits per heavy atom. The molecule has 8 heteroatoms. The Kier molecular flexibility index (Phi) is 5.44. The molecule has 3 rings (SSSR count). The molecule has 2 N–H and O–H groups in total. The summed E-state index contributed by atoms with van der Waals surface area (Å²) in [4.78, 5) is 26.0. The van der Waals surface area contributed by atoms with Gasteiger partial charge in [0.2, 0.25) is 0 Å². The van der Waals surface area contributed by atoms with E-state index >= 15 is 0 Å². The number of nitrogens with zero attached hydrogens (tertiary/aromatic N) is 2. The molecule has 128 valence electrons. The highest BCUT2D eigenvalue weighted by atomic mass is 17.2. The molecule has 1 aromatic heterocycles. The number of para-hydroxylation sites is 2. The summed E-state index contributed by atoms with van der Waals surface area (Å²) in [6.45, 7) is 0.360. The molecule has 0 radical (unpaired) electrons. The van der Waals surface area contributed by atoms with Gasteiger partial charge in [0.05, 0.1) is 0 Å². The van der Waals surface area contributed by atoms with Crippen molar-refractivity contribution in [1.29, 1.82) is 0 Å². The van der Waals surface area contributed by atoms with Crippen LogP contribution in [0.4, 0.5) is 4.79 Å². The number of aromatic nitrogens is 3. The Hall–Kier alpha value is -3.55. The van der Waals surface area contributed by atoms with Crippen molar-refractivity contribution in [1.82, 2.24) is 20.5 Å². The van der Waals surface area contributed by atoms with Crippen LogP contribution in [0.2, 0.25) is 0 Å². The molecule has 8 nitrogen and oxygen atoms in total. The van der Waals surface area contributed by atoms with Gasteiger partial charge in [0.25, 0.3) is 0 Å². The number of benzene rings is 2. The first kappa shape index (κ1) is 16.3. The van der Waals surface area contributed by atoms with Gasteiger partial charge in [-0.2, -0.15) is 10.1 Å². The van der Waals surface area contributed by atoms with Crippen LogP contribution in [0.1, 0.15) is 5.56 Å². The van der Waals surface area contributed by atoms with Gasteiger partial charge < -0.3 is 10.1 Å². The molecule has 0 aliphatic heterocycles. The number of ether oxygens (including phenoxy) is 1. The molecule has 0 unspecified atom stereocenters. The van der Waals surface area contributed by atoms with Crippen LogP contribution >= 0.6 is 0 Å². The highest BCUT2D eigenvalue weighted by Gasteiger charge is 2.08. The van der Waals surface area contributed by atoms with Crippen molar-refractivity contribution in [3.05, 3.63) is 66.5 Å². The largest absolute Gasteiger partial charge is 0.415 e. The van der Waals surface area contributed by atoms with Crippen LogP contribution in [0.25, 0.3) is 0 Å². The van der Waals surface area contributed by atoms with E-state index in [9.17, 15) is 4.79 Å². The summed E-state index contributed by atoms with van der Waals surface area (Å²) in [6.07, 6.45) is 1.18. The number of H-pyrrole nitrogens is 1. The van der Waals surface area contributed by atoms with Gasteiger partial charge in [-0.15, -0.1) is 0 Å². The van der Waals surface area contributed by atoms with Gasteiger partial charge in [-0.3, -0.25) is 9.78 Å². The lowest BCUT2D eigenvalue weighted by atomic mass is 10.1. The molecule has 0 aliphatic carbocycles. The Morgan fingerprint density at radius 1 is 1.04 bits per heavy atom. The first-order valence-corrected chi connectivity index (χ1v) is 7.60. The van der Waals surface area contributed by atoms with Gasteiger partial charge in [0, 0.05) is 12.1 Å². The number of hydrogen-bond acceptors (Lipinski definition) is 6. The van der Waals surface area contributed by atoms with Crippen LogP contribution < -0.4 is 19.8 Å². The molecular weight excluding hydrogens is 324 g/mol. The van der Waals surface area contributed by atoms with Crippen molar-refractivity contribution in [3.63, 3.8) is 0 Å². The number of carbonyl (C=O) groups is 1. The van der Waals surface area contributed by atoms with Gasteiger partial charge >= 0.3 is 12.1 Å². The van der Waals surface area contributed by atoms with Crippen molar-refractivity contribution in [2.24, 2.45) is 0 Å². The minimum Gasteiger partial charge on any atom is -0.374 e. The van der Waals surface area contributed by atoms with E-state index in [1.807, 2.05) is 36.4 Å². The van der Waals surface area contributed by atoms with Gasteiger partial charge in [-0.25, -0.2) is 9.89 Å². The Balaban J connectivity index is 1.49. The number of hydrogen-bond donors (Lipinski definition) is 2. The third-order valence-corrected chi connectivity index (χ3v) is 3.19. The molecule has 2 aromatic carbocycles. The monoisotopic (exact) mass is 340 g/mol. The van der Waals surface area contributed by atoms with Crippen LogP contribution in [0.5, 0.6) is 17.5 Å². The zero-order valence-corrected chi connectivity index (χ0v) is 13.2. The summed E-state index contributed by atoms with van der Waals surface area (Å²) in [5.74, 6) is 1.18. The fourth-order valence-electron chi connectivity index (χ4n) is 2.03. The molecule has 25 heavy (non-hydrogen) atoms. The fraction of sp³-hybridized carbons (Fsp3) is 0.118. The van der Waals surface area contributed by atoms with Crippen LogP contribution in [0.3, 0.4) is 0 Å². The summed E-state index contributed by atoms with van der Waals surface area (Å²) in [6, 6.07) is 16.7. The first-order chi connectivity index (χ1) is 12.3. The normalized spacial score (nSPS) is 10.1. The summed E-state index contributed by atoms with van der Waals surface area (Å²) in [5, 5.41) is 8.65. The SMILES string of the molecule is O=C(NCCc1ccccc1OOc1ccccc1)Oc1ncn[nH]1. The number of nitrogens with one attached hydrogen (secondary N) is 2. The van der Waals surface area contributed by atoms with E-state index in [4.69, 9.17) is 14.5 Å². The molecule has 0 aliphatic rings. The molecule has 0 bridgehead atoms. The predicted octanol–water partition coefficient (Wildman–Crippen LogP) is 2.51. The van der Waals surface area contributed by atoms with Gasteiger partial charge in [-0.1, -0.05) is 36.4 Å². The van der Waals surface area contributed by atoms with E-state index in [1.54, 1.807) is 18.2 Å². The van der Waals surface area contributed by atoms with E-state index in [0.29, 0.717) is 24.5 Å². The smallest absolute Gasteiger partial charge is 0.374 e. The minimum absolute atomic E-state index is 0.0393. The first-order valence-electron chi connectivity index (χ1n) is 7.60. The van der Waals surface area contributed by atoms with Gasteiger partial charge in [-0.05, 0) is 24.6 Å². The molecule has 1 heterocycles. The summed E-state index contributed by atoms with van der Waals surface area (Å²) in [7, 11) is 0. The molecule has 0 spiro atoms. The van der Waals surface area contributed by atoms with Crippen LogP contribution in [0.15, 0.2) is 60.9 Å². The molecule has 0 fully saturated rings. The maximum absolute atomic E-state index is 11.6. The number of rotatable bonds is 7. The lowest BCUT2D eigenvalue weighted by Gasteiger charge is -2.10. The Bertz CT molecular complexity index is 793. The van der Waals surface area contributed by atoms with Gasteiger partial charge in [0.1, 0.15) is 6.33 Å². The standard InChI is InChI=1S/C17H16N4O4/c22-17(23-16-19-12-20-21-16)18-11-10-13-6-4-5-9-15(13)25-24-14-7-2-1-3-8-14/h1-9,12H,10-11H2,(H,18,22)(H,19,20,21). The van der Waals surface area contributed by atoms with E-state index in [-0.39, 0.29) is 6.01 Å². The topological polar surface area (TPSA) is 98.4 Å². The molecule has 0 saturated heterocycles. The third-order valence-electron chi connectivity index (χ3n) is 3.19. The van der Waals surface area contributed by atoms with Gasteiger partial charge in [0.15, 0.2) is 11.5 Å². The third kappa shape index (κ3) is 4.96. The second kappa shape index (κ2) is 8.34. The molecule has 1 amide bonds. The maximum Gasteiger partial charge on any atom is 0.415 e. The second-order valence-electron chi connectivity index (χ2n) is 4.94. The molecule has 0 saturated carbocycles. The maximum atomic E-state index is 11.6. The van der Waals surface area contributed by atoms with Crippen molar-refractivity contribution < 1.29 is 19.3 Å². The average molecular weight is 340 g/mol. The molecule has 0 atom stereocenters. The van der Waals surface area contributed by atoms with Crippen LogP contribution in [-0.2, 0) is 6.42 Å². The summed E-state index contributed by atoms with van der Waals surface area (Å²) >= 11 is 0. The van der Waals surface area contributed by atoms with Crippen molar-refractivity contribution in [2.45, 2.75) is 6.42 Å². The highest BCUT2D eigenvalue weighted by Crippen LogP contribution is 2.20. The average Bonchev–Trinajstić information content (AvgIpc) is 3.15. The summed E-state index contributed by atoms with van der Waals surface area (Å²) in [5.41, 5.74) is 0.887. The van der Waals surface area contributed by atoms with Crippen molar-refractivity contribution in [3.8, 4) is 17.5 Å². The quantitative estimate of drug-likeness (QED) is 0.506.